The van der Waals surface area contributed by atoms with Crippen LogP contribution in [0.15, 0.2) is 18.5 Å². The molecule has 96 valence electrons. The van der Waals surface area contributed by atoms with Crippen molar-refractivity contribution in [2.45, 2.75) is 52.9 Å². The van der Waals surface area contributed by atoms with Gasteiger partial charge < -0.3 is 15.2 Å². The van der Waals surface area contributed by atoms with Crippen molar-refractivity contribution in [1.82, 2.24) is 15.2 Å². The van der Waals surface area contributed by atoms with Gasteiger partial charge in [0.05, 0.1) is 6.04 Å². The quantitative estimate of drug-likeness (QED) is 0.788. The zero-order valence-electron chi connectivity index (χ0n) is 11.2. The Hall–Kier alpha value is -1.29. The molecule has 1 rings (SSSR count). The molecule has 0 aliphatic heterocycles. The maximum Gasteiger partial charge on any atom is 0.237 e. The lowest BCUT2D eigenvalue weighted by Crippen LogP contribution is -2.44. The molecule has 4 heteroatoms. The fraction of sp³-hybridized carbons (Fsp3) is 0.615. The Labute approximate surface area is 103 Å². The molecule has 1 heterocycles. The standard InChI is InChI=1S/C13H23N3O/c1-5-16-7-6-12(9-16)8-14-11(4)13(17)15-10(2)3/h6-7,9-11,14H,5,8H2,1-4H3,(H,15,17). The molecule has 1 unspecified atom stereocenters. The minimum atomic E-state index is -0.164. The number of aryl methyl sites for hydroxylation is 1. The van der Waals surface area contributed by atoms with Crippen molar-refractivity contribution < 1.29 is 4.79 Å². The number of nitrogens with zero attached hydrogens (tertiary/aromatic N) is 1. The minimum absolute atomic E-state index is 0.0509. The van der Waals surface area contributed by atoms with Crippen molar-refractivity contribution in [1.29, 1.82) is 0 Å². The van der Waals surface area contributed by atoms with E-state index >= 15 is 0 Å². The first-order chi connectivity index (χ1) is 8.02. The number of hydrogen-bond donors (Lipinski definition) is 2. The van der Waals surface area contributed by atoms with E-state index in [9.17, 15) is 4.79 Å². The number of rotatable bonds is 6. The molecule has 17 heavy (non-hydrogen) atoms. The fourth-order valence-corrected chi connectivity index (χ4v) is 1.56. The Morgan fingerprint density at radius 2 is 2.12 bits per heavy atom. The molecule has 4 nitrogen and oxygen atoms in total. The van der Waals surface area contributed by atoms with Gasteiger partial charge in [0.2, 0.25) is 5.91 Å². The second kappa shape index (κ2) is 6.45. The molecule has 0 aromatic carbocycles. The van der Waals surface area contributed by atoms with Gasteiger partial charge in [0.25, 0.3) is 0 Å². The smallest absolute Gasteiger partial charge is 0.237 e. The summed E-state index contributed by atoms with van der Waals surface area (Å²) >= 11 is 0. The molecule has 0 spiro atoms. The SMILES string of the molecule is CCn1ccc(CNC(C)C(=O)NC(C)C)c1. The molecule has 0 bridgehead atoms. The van der Waals surface area contributed by atoms with Crippen LogP contribution in [0.2, 0.25) is 0 Å². The van der Waals surface area contributed by atoms with Crippen LogP contribution in [-0.4, -0.2) is 22.6 Å². The first kappa shape index (κ1) is 13.8. The zero-order chi connectivity index (χ0) is 12.8. The molecule has 2 N–H and O–H groups in total. The molecule has 0 saturated carbocycles. The number of nitrogens with one attached hydrogen (secondary N) is 2. The van der Waals surface area contributed by atoms with Gasteiger partial charge in [-0.3, -0.25) is 4.79 Å². The molecule has 0 aliphatic rings. The van der Waals surface area contributed by atoms with Crippen molar-refractivity contribution in [2.24, 2.45) is 0 Å². The van der Waals surface area contributed by atoms with Crippen molar-refractivity contribution in [3.8, 4) is 0 Å². The molecule has 1 aromatic heterocycles. The van der Waals surface area contributed by atoms with Crippen LogP contribution in [0.4, 0.5) is 0 Å². The Balaban J connectivity index is 2.37. The zero-order valence-corrected chi connectivity index (χ0v) is 11.2. The summed E-state index contributed by atoms with van der Waals surface area (Å²) in [7, 11) is 0. The summed E-state index contributed by atoms with van der Waals surface area (Å²) in [5, 5.41) is 6.10. The first-order valence-corrected chi connectivity index (χ1v) is 6.21. The Morgan fingerprint density at radius 3 is 2.65 bits per heavy atom. The lowest BCUT2D eigenvalue weighted by molar-refractivity contribution is -0.123. The van der Waals surface area contributed by atoms with Gasteiger partial charge in [0.1, 0.15) is 0 Å². The molecule has 0 fully saturated rings. The molecular formula is C13H23N3O. The van der Waals surface area contributed by atoms with Crippen molar-refractivity contribution in [3.63, 3.8) is 0 Å². The highest BCUT2D eigenvalue weighted by Crippen LogP contribution is 2.01. The highest BCUT2D eigenvalue weighted by molar-refractivity contribution is 5.81. The number of carbonyl (C=O) groups excluding carboxylic acids is 1. The second-order valence-electron chi connectivity index (χ2n) is 4.62. The van der Waals surface area contributed by atoms with E-state index < -0.39 is 0 Å². The maximum absolute atomic E-state index is 11.7. The van der Waals surface area contributed by atoms with E-state index in [1.807, 2.05) is 20.8 Å². The molecular weight excluding hydrogens is 214 g/mol. The van der Waals surface area contributed by atoms with Crippen LogP contribution in [0.5, 0.6) is 0 Å². The van der Waals surface area contributed by atoms with E-state index in [1.54, 1.807) is 0 Å². The molecule has 1 amide bonds. The third-order valence-electron chi connectivity index (χ3n) is 2.61. The van der Waals surface area contributed by atoms with E-state index in [-0.39, 0.29) is 18.0 Å². The first-order valence-electron chi connectivity index (χ1n) is 6.21. The van der Waals surface area contributed by atoms with Gasteiger partial charge in [-0.15, -0.1) is 0 Å². The van der Waals surface area contributed by atoms with E-state index in [4.69, 9.17) is 0 Å². The van der Waals surface area contributed by atoms with E-state index in [2.05, 4.69) is 40.6 Å². The van der Waals surface area contributed by atoms with Crippen molar-refractivity contribution >= 4 is 5.91 Å². The summed E-state index contributed by atoms with van der Waals surface area (Å²) in [6.45, 7) is 9.62. The van der Waals surface area contributed by atoms with Crippen molar-refractivity contribution in [2.75, 3.05) is 0 Å². The number of carbonyl (C=O) groups is 1. The third kappa shape index (κ3) is 4.61. The van der Waals surface area contributed by atoms with Crippen molar-refractivity contribution in [3.05, 3.63) is 24.0 Å². The summed E-state index contributed by atoms with van der Waals surface area (Å²) in [5.74, 6) is 0.0509. The van der Waals surface area contributed by atoms with E-state index in [0.29, 0.717) is 0 Å². The molecule has 1 aromatic rings. The fourth-order valence-electron chi connectivity index (χ4n) is 1.56. The van der Waals surface area contributed by atoms with Crippen LogP contribution in [0.1, 0.15) is 33.3 Å². The van der Waals surface area contributed by atoms with Gasteiger partial charge in [0.15, 0.2) is 0 Å². The Bertz CT molecular complexity index is 357. The maximum atomic E-state index is 11.7. The molecule has 0 saturated heterocycles. The number of hydrogen-bond acceptors (Lipinski definition) is 2. The van der Waals surface area contributed by atoms with Crippen LogP contribution >= 0.6 is 0 Å². The summed E-state index contributed by atoms with van der Waals surface area (Å²) in [4.78, 5) is 11.7. The van der Waals surface area contributed by atoms with Crippen LogP contribution < -0.4 is 10.6 Å². The topological polar surface area (TPSA) is 46.1 Å². The molecule has 0 aliphatic carbocycles. The third-order valence-corrected chi connectivity index (χ3v) is 2.61. The Kier molecular flexibility index (Phi) is 5.22. The van der Waals surface area contributed by atoms with Crippen LogP contribution in [-0.2, 0) is 17.9 Å². The average molecular weight is 237 g/mol. The van der Waals surface area contributed by atoms with Gasteiger partial charge in [-0.25, -0.2) is 0 Å². The molecule has 1 atom stereocenters. The number of aromatic nitrogens is 1. The van der Waals surface area contributed by atoms with E-state index in [0.717, 1.165) is 13.1 Å². The van der Waals surface area contributed by atoms with Crippen LogP contribution in [0.25, 0.3) is 0 Å². The predicted octanol–water partition coefficient (Wildman–Crippen LogP) is 1.51. The van der Waals surface area contributed by atoms with Gasteiger partial charge in [-0.1, -0.05) is 0 Å². The van der Waals surface area contributed by atoms with Crippen LogP contribution in [0.3, 0.4) is 0 Å². The average Bonchev–Trinajstić information content (AvgIpc) is 2.72. The van der Waals surface area contributed by atoms with Gasteiger partial charge in [-0.2, -0.15) is 0 Å². The number of amides is 1. The monoisotopic (exact) mass is 237 g/mol. The summed E-state index contributed by atoms with van der Waals surface area (Å²) in [6, 6.07) is 2.10. The van der Waals surface area contributed by atoms with Gasteiger partial charge >= 0.3 is 0 Å². The highest BCUT2D eigenvalue weighted by atomic mass is 16.2. The summed E-state index contributed by atoms with van der Waals surface area (Å²) in [6.07, 6.45) is 4.15. The summed E-state index contributed by atoms with van der Waals surface area (Å²) < 4.78 is 2.12. The lowest BCUT2D eigenvalue weighted by atomic mass is 10.2. The second-order valence-corrected chi connectivity index (χ2v) is 4.62. The van der Waals surface area contributed by atoms with Gasteiger partial charge in [0, 0.05) is 31.5 Å². The Morgan fingerprint density at radius 1 is 1.41 bits per heavy atom. The largest absolute Gasteiger partial charge is 0.354 e. The van der Waals surface area contributed by atoms with Crippen LogP contribution in [0, 0.1) is 0 Å². The summed E-state index contributed by atoms with van der Waals surface area (Å²) in [5.41, 5.74) is 1.20. The van der Waals surface area contributed by atoms with E-state index in [1.165, 1.54) is 5.56 Å². The van der Waals surface area contributed by atoms with Gasteiger partial charge in [-0.05, 0) is 39.3 Å². The predicted molar refractivity (Wildman–Crippen MR) is 69.7 cm³/mol. The minimum Gasteiger partial charge on any atom is -0.354 e. The highest BCUT2D eigenvalue weighted by Gasteiger charge is 2.12. The normalized spacial score (nSPS) is 12.8. The lowest BCUT2D eigenvalue weighted by Gasteiger charge is -2.15. The molecule has 0 radical (unpaired) electrons.